The van der Waals surface area contributed by atoms with Crippen molar-refractivity contribution in [3.63, 3.8) is 0 Å². The molecule has 0 unspecified atom stereocenters. The van der Waals surface area contributed by atoms with Crippen LogP contribution in [0.15, 0.2) is 70.4 Å². The molecule has 3 atom stereocenters. The predicted molar refractivity (Wildman–Crippen MR) is 209 cm³/mol. The molecule has 3 heterocycles. The molecule has 2 aliphatic carbocycles. The van der Waals surface area contributed by atoms with Crippen LogP contribution < -0.4 is 4.74 Å². The highest BCUT2D eigenvalue weighted by atomic mass is 79.9. The zero-order valence-electron chi connectivity index (χ0n) is 30.9. The minimum Gasteiger partial charge on any atom is -0.479 e. The molecule has 3 aromatic heterocycles. The number of halogens is 1. The highest BCUT2D eigenvalue weighted by Gasteiger charge is 2.56. The third kappa shape index (κ3) is 6.52. The van der Waals surface area contributed by atoms with Crippen molar-refractivity contribution >= 4 is 56.5 Å². The third-order valence-electron chi connectivity index (χ3n) is 10.4. The standard InChI is InChI=1S/C39H43BrN4O7SSi/c1-23-8-11-26(12-9-23)52(47,48)44-21-29(27-13-10-25(40)16-32(27)44)35-38(49-3)42-31(19-41-35)30-20-43(14-15-51-22-53(5,6)7)36-34(30)28-17-39(50-4,37(36)46)18-33(45)24(28)2/h8-13,16,19-21,24,28H,14-15,17-18,22H2,1-7H3/t24-,28-,39-/m1/s1. The molecule has 278 valence electrons. The summed E-state index contributed by atoms with van der Waals surface area (Å²) in [5.41, 5.74) is 3.46. The first-order valence-electron chi connectivity index (χ1n) is 17.6. The Balaban J connectivity index is 1.36. The highest BCUT2D eigenvalue weighted by molar-refractivity contribution is 9.10. The zero-order valence-corrected chi connectivity index (χ0v) is 34.3. The number of carbonyl (C=O) groups excluding carboxylic acids is 2. The minimum absolute atomic E-state index is 0.0121. The summed E-state index contributed by atoms with van der Waals surface area (Å²) in [4.78, 5) is 37.7. The predicted octanol–water partition coefficient (Wildman–Crippen LogP) is 7.44. The van der Waals surface area contributed by atoms with Crippen molar-refractivity contribution in [2.45, 2.75) is 69.3 Å². The van der Waals surface area contributed by atoms with Crippen molar-refractivity contribution in [1.82, 2.24) is 18.5 Å². The van der Waals surface area contributed by atoms with E-state index in [1.165, 1.54) is 18.2 Å². The molecule has 0 radical (unpaired) electrons. The van der Waals surface area contributed by atoms with E-state index in [1.54, 1.807) is 42.7 Å². The highest BCUT2D eigenvalue weighted by Crippen LogP contribution is 2.52. The summed E-state index contributed by atoms with van der Waals surface area (Å²) in [7, 11) is -2.45. The summed E-state index contributed by atoms with van der Waals surface area (Å²) in [6.07, 6.45) is 6.19. The molecule has 0 aliphatic heterocycles. The van der Waals surface area contributed by atoms with Crippen molar-refractivity contribution in [2.24, 2.45) is 5.92 Å². The lowest BCUT2D eigenvalue weighted by Gasteiger charge is -2.45. The number of methoxy groups -OCH3 is 2. The second-order valence-corrected chi connectivity index (χ2v) is 23.5. The molecule has 2 aliphatic rings. The van der Waals surface area contributed by atoms with E-state index in [-0.39, 0.29) is 40.6 Å². The van der Waals surface area contributed by atoms with Crippen LogP contribution >= 0.6 is 15.9 Å². The molecule has 53 heavy (non-hydrogen) atoms. The number of fused-ring (bicyclic) bond motifs is 5. The first-order valence-corrected chi connectivity index (χ1v) is 23.5. The smallest absolute Gasteiger partial charge is 0.268 e. The largest absolute Gasteiger partial charge is 0.479 e. The van der Waals surface area contributed by atoms with Crippen LogP contribution in [-0.4, -0.2) is 79.2 Å². The average Bonchev–Trinajstić information content (AvgIpc) is 3.69. The molecule has 1 saturated carbocycles. The molecule has 1 fully saturated rings. The number of rotatable bonds is 11. The van der Waals surface area contributed by atoms with E-state index in [4.69, 9.17) is 24.2 Å². The molecule has 0 spiro atoms. The summed E-state index contributed by atoms with van der Waals surface area (Å²) in [5.74, 6) is -0.662. The van der Waals surface area contributed by atoms with Gasteiger partial charge in [-0.2, -0.15) is 0 Å². The van der Waals surface area contributed by atoms with E-state index in [1.807, 2.05) is 36.7 Å². The van der Waals surface area contributed by atoms with Crippen molar-refractivity contribution in [1.29, 1.82) is 0 Å². The molecule has 2 aromatic carbocycles. The molecule has 0 N–H and O–H groups in total. The van der Waals surface area contributed by atoms with Crippen molar-refractivity contribution in [3.8, 4) is 28.4 Å². The SMILES string of the molecule is COc1nc(-c2cn(CCOC[Si](C)(C)C)c3c2[C@@H]2C[C@@](OC)(CC(=O)[C@@H]2C)C3=O)cnc1-c1cn(S(=O)(=O)c2ccc(C)cc2)c2cc(Br)ccc12. The van der Waals surface area contributed by atoms with Gasteiger partial charge in [-0.3, -0.25) is 9.59 Å². The van der Waals surface area contributed by atoms with Gasteiger partial charge in [-0.25, -0.2) is 22.4 Å². The maximum Gasteiger partial charge on any atom is 0.268 e. The molecule has 5 aromatic rings. The van der Waals surface area contributed by atoms with Gasteiger partial charge >= 0.3 is 0 Å². The fourth-order valence-corrected chi connectivity index (χ4v) is 10.1. The van der Waals surface area contributed by atoms with Crippen molar-refractivity contribution in [3.05, 3.63) is 82.3 Å². The molecule has 2 bridgehead atoms. The zero-order chi connectivity index (χ0) is 38.0. The van der Waals surface area contributed by atoms with Crippen LogP contribution in [-0.2, 0) is 30.8 Å². The molecule has 7 rings (SSSR count). The quantitative estimate of drug-likeness (QED) is 0.0986. The molecule has 11 nitrogen and oxygen atoms in total. The first kappa shape index (κ1) is 37.4. The number of ether oxygens (including phenoxy) is 3. The average molecular weight is 820 g/mol. The third-order valence-corrected chi connectivity index (χ3v) is 13.7. The first-order chi connectivity index (χ1) is 25.1. The van der Waals surface area contributed by atoms with E-state index in [0.29, 0.717) is 69.4 Å². The van der Waals surface area contributed by atoms with E-state index in [0.717, 1.165) is 11.1 Å². The maximum absolute atomic E-state index is 14.4. The van der Waals surface area contributed by atoms with Crippen molar-refractivity contribution < 1.29 is 32.2 Å². The van der Waals surface area contributed by atoms with Crippen LogP contribution in [0, 0.1) is 12.8 Å². The number of aromatic nitrogens is 4. The summed E-state index contributed by atoms with van der Waals surface area (Å²) in [6, 6.07) is 12.2. The molecule has 0 amide bonds. The Kier molecular flexibility index (Phi) is 9.67. The van der Waals surface area contributed by atoms with Gasteiger partial charge in [0.25, 0.3) is 10.0 Å². The van der Waals surface area contributed by atoms with Gasteiger partial charge in [0.1, 0.15) is 17.1 Å². The second-order valence-electron chi connectivity index (χ2n) is 15.3. The molecular weight excluding hydrogens is 777 g/mol. The van der Waals surface area contributed by atoms with Gasteiger partial charge < -0.3 is 18.8 Å². The number of benzene rings is 2. The topological polar surface area (TPSA) is 132 Å². The Morgan fingerprint density at radius 1 is 1.04 bits per heavy atom. The van der Waals surface area contributed by atoms with Gasteiger partial charge in [-0.15, -0.1) is 0 Å². The summed E-state index contributed by atoms with van der Waals surface area (Å²) >= 11 is 3.51. The number of hydrogen-bond donors (Lipinski definition) is 0. The molecule has 0 saturated heterocycles. The van der Waals surface area contributed by atoms with Gasteiger partial charge in [0, 0.05) is 65.6 Å². The Morgan fingerprint density at radius 3 is 2.45 bits per heavy atom. The monoisotopic (exact) mass is 818 g/mol. The van der Waals surface area contributed by atoms with Crippen LogP contribution in [0.1, 0.15) is 47.3 Å². The molecule has 14 heteroatoms. The summed E-state index contributed by atoms with van der Waals surface area (Å²) in [6.45, 7) is 11.4. The van der Waals surface area contributed by atoms with Gasteiger partial charge in [0.15, 0.2) is 0 Å². The summed E-state index contributed by atoms with van der Waals surface area (Å²) in [5, 5.41) is 0.641. The van der Waals surface area contributed by atoms with Crippen LogP contribution in [0.2, 0.25) is 19.6 Å². The van der Waals surface area contributed by atoms with Gasteiger partial charge in [-0.1, -0.05) is 66.3 Å². The maximum atomic E-state index is 14.4. The Morgan fingerprint density at radius 2 is 1.77 bits per heavy atom. The van der Waals surface area contributed by atoms with Crippen LogP contribution in [0.5, 0.6) is 5.88 Å². The Labute approximate surface area is 318 Å². The number of nitrogens with zero attached hydrogens (tertiary/aromatic N) is 4. The lowest BCUT2D eigenvalue weighted by molar-refractivity contribution is -0.133. The Bertz CT molecular complexity index is 2380. The van der Waals surface area contributed by atoms with Gasteiger partial charge in [0.2, 0.25) is 11.7 Å². The molecular formula is C39H43BrN4O7SSi. The van der Waals surface area contributed by atoms with Gasteiger partial charge in [-0.05, 0) is 49.1 Å². The van der Waals surface area contributed by atoms with Crippen LogP contribution in [0.3, 0.4) is 0 Å². The fourth-order valence-electron chi connectivity index (χ4n) is 7.59. The fraction of sp³-hybridized carbons (Fsp3) is 0.385. The van der Waals surface area contributed by atoms with Gasteiger partial charge in [0.05, 0.1) is 49.8 Å². The number of Topliss-reactive ketones (excluding diaryl/α,β-unsaturated/α-hetero) is 2. The lowest BCUT2D eigenvalue weighted by atomic mass is 9.62. The van der Waals surface area contributed by atoms with Crippen LogP contribution in [0.4, 0.5) is 0 Å². The van der Waals surface area contributed by atoms with E-state index in [2.05, 4.69) is 35.6 Å². The van der Waals surface area contributed by atoms with Crippen LogP contribution in [0.25, 0.3) is 33.4 Å². The van der Waals surface area contributed by atoms with E-state index < -0.39 is 23.7 Å². The summed E-state index contributed by atoms with van der Waals surface area (Å²) < 4.78 is 49.7. The number of carbonyl (C=O) groups is 2. The number of aryl methyl sites for hydroxylation is 1. The lowest BCUT2D eigenvalue weighted by Crippen LogP contribution is -2.53. The normalized spacial score (nSPS) is 20.2. The van der Waals surface area contributed by atoms with Crippen molar-refractivity contribution in [2.75, 3.05) is 27.1 Å². The van der Waals surface area contributed by atoms with E-state index in [9.17, 15) is 18.0 Å². The van der Waals surface area contributed by atoms with E-state index >= 15 is 0 Å². The minimum atomic E-state index is -3.99. The Hall–Kier alpha value is -3.95. The number of ketones is 2. The second kappa shape index (κ2) is 13.7. The number of hydrogen-bond acceptors (Lipinski definition) is 9.